The fourth-order valence-electron chi connectivity index (χ4n) is 5.29. The van der Waals surface area contributed by atoms with E-state index in [4.69, 9.17) is 14.9 Å². The highest BCUT2D eigenvalue weighted by atomic mass is 31.2. The van der Waals surface area contributed by atoms with Crippen LogP contribution in [0.2, 0.25) is 0 Å². The smallest absolute Gasteiger partial charge is 0.302 e. The second-order valence-electron chi connectivity index (χ2n) is 12.6. The third-order valence-corrected chi connectivity index (χ3v) is 9.20. The van der Waals surface area contributed by atoms with Crippen LogP contribution in [0.3, 0.4) is 0 Å². The summed E-state index contributed by atoms with van der Waals surface area (Å²) in [7, 11) is -3.85. The molecule has 0 unspecified atom stereocenters. The predicted molar refractivity (Wildman–Crippen MR) is 189 cm³/mol. The SMILES string of the molecule is CCCCCCCCCCCCNN.CCCCCCCCCCCCOP(=O)(O)OCCCCCCCCCCCC. The van der Waals surface area contributed by atoms with Gasteiger partial charge in [-0.3, -0.25) is 20.3 Å². The van der Waals surface area contributed by atoms with Gasteiger partial charge in [-0.1, -0.05) is 194 Å². The highest BCUT2D eigenvalue weighted by molar-refractivity contribution is 7.47. The molecular formula is C36H79N2O4P. The van der Waals surface area contributed by atoms with Gasteiger partial charge < -0.3 is 4.89 Å². The Kier molecular flexibility index (Phi) is 42.1. The van der Waals surface area contributed by atoms with Crippen molar-refractivity contribution >= 4 is 7.82 Å². The van der Waals surface area contributed by atoms with Crippen molar-refractivity contribution in [2.45, 2.75) is 213 Å². The number of unbranched alkanes of at least 4 members (excludes halogenated alkanes) is 27. The van der Waals surface area contributed by atoms with E-state index in [9.17, 15) is 9.46 Å². The lowest BCUT2D eigenvalue weighted by atomic mass is 10.1. The first-order valence-corrected chi connectivity index (χ1v) is 20.6. The zero-order chi connectivity index (χ0) is 32.0. The lowest BCUT2D eigenvalue weighted by Gasteiger charge is -2.12. The summed E-state index contributed by atoms with van der Waals surface area (Å²) in [5.41, 5.74) is 2.69. The van der Waals surface area contributed by atoms with E-state index < -0.39 is 7.82 Å². The fraction of sp³-hybridized carbons (Fsp3) is 1.00. The van der Waals surface area contributed by atoms with Gasteiger partial charge in [-0.25, -0.2) is 4.57 Å². The second-order valence-corrected chi connectivity index (χ2v) is 14.1. The number of rotatable bonds is 35. The van der Waals surface area contributed by atoms with E-state index in [-0.39, 0.29) is 0 Å². The van der Waals surface area contributed by atoms with Crippen LogP contribution < -0.4 is 11.3 Å². The minimum atomic E-state index is -3.85. The standard InChI is InChI=1S/C24H51O4P.C12H28N2/c1-3-5-7-9-11-13-15-17-19-21-23-27-29(25,26)28-24-22-20-18-16-14-12-10-8-6-4-2;1-2-3-4-5-6-7-8-9-10-11-12-14-13/h3-24H2,1-2H3,(H,25,26);14H,2-13H2,1H3. The number of hydrogen-bond donors (Lipinski definition) is 3. The number of nitrogens with two attached hydrogens (primary N) is 1. The van der Waals surface area contributed by atoms with Crippen molar-refractivity contribution in [2.75, 3.05) is 19.8 Å². The summed E-state index contributed by atoms with van der Waals surface area (Å²) in [6.45, 7) is 8.37. The van der Waals surface area contributed by atoms with Gasteiger partial charge in [0.15, 0.2) is 0 Å². The molecule has 7 heteroatoms. The van der Waals surface area contributed by atoms with Gasteiger partial charge >= 0.3 is 7.82 Å². The van der Waals surface area contributed by atoms with Crippen molar-refractivity contribution in [3.8, 4) is 0 Å². The lowest BCUT2D eigenvalue weighted by Crippen LogP contribution is -2.22. The number of phosphoric ester groups is 1. The third-order valence-electron chi connectivity index (χ3n) is 8.18. The molecule has 262 valence electrons. The van der Waals surface area contributed by atoms with Crippen molar-refractivity contribution in [3.05, 3.63) is 0 Å². The van der Waals surface area contributed by atoms with Crippen LogP contribution in [0.4, 0.5) is 0 Å². The van der Waals surface area contributed by atoms with E-state index >= 15 is 0 Å². The molecule has 0 fully saturated rings. The van der Waals surface area contributed by atoms with Gasteiger partial charge in [0.05, 0.1) is 13.2 Å². The van der Waals surface area contributed by atoms with Gasteiger partial charge in [-0.05, 0) is 19.3 Å². The van der Waals surface area contributed by atoms with E-state index in [1.807, 2.05) is 0 Å². The molecule has 0 rings (SSSR count). The third kappa shape index (κ3) is 44.2. The molecule has 0 amide bonds. The van der Waals surface area contributed by atoms with Crippen LogP contribution in [0, 0.1) is 0 Å². The van der Waals surface area contributed by atoms with Crippen molar-refractivity contribution in [2.24, 2.45) is 5.84 Å². The molecule has 0 aliphatic heterocycles. The molecule has 0 bridgehead atoms. The average Bonchev–Trinajstić information content (AvgIpc) is 3.00. The number of nitrogens with one attached hydrogen (secondary N) is 1. The van der Waals surface area contributed by atoms with Crippen molar-refractivity contribution in [1.82, 2.24) is 5.43 Å². The summed E-state index contributed by atoms with van der Waals surface area (Å²) in [5.74, 6) is 5.19. The van der Waals surface area contributed by atoms with Gasteiger partial charge in [0.2, 0.25) is 0 Å². The van der Waals surface area contributed by atoms with Crippen LogP contribution in [-0.2, 0) is 13.6 Å². The Bertz CT molecular complexity index is 497. The predicted octanol–water partition coefficient (Wildman–Crippen LogP) is 12.3. The normalized spacial score (nSPS) is 11.6. The molecule has 0 saturated carbocycles. The number of phosphoric acid groups is 1. The molecular weight excluding hydrogens is 555 g/mol. The molecule has 0 aromatic carbocycles. The van der Waals surface area contributed by atoms with Crippen LogP contribution in [0.25, 0.3) is 0 Å². The minimum absolute atomic E-state index is 0.322. The second kappa shape index (κ2) is 40.1. The highest BCUT2D eigenvalue weighted by Crippen LogP contribution is 2.43. The molecule has 0 aliphatic rings. The quantitative estimate of drug-likeness (QED) is 0.0278. The largest absolute Gasteiger partial charge is 0.472 e. The lowest BCUT2D eigenvalue weighted by molar-refractivity contribution is 0.145. The van der Waals surface area contributed by atoms with Crippen molar-refractivity contribution in [3.63, 3.8) is 0 Å². The Labute approximate surface area is 270 Å². The van der Waals surface area contributed by atoms with Gasteiger partial charge in [-0.15, -0.1) is 0 Å². The van der Waals surface area contributed by atoms with Gasteiger partial charge in [-0.2, -0.15) is 0 Å². The van der Waals surface area contributed by atoms with Crippen molar-refractivity contribution < 1.29 is 18.5 Å². The van der Waals surface area contributed by atoms with Crippen LogP contribution in [0.5, 0.6) is 0 Å². The molecule has 0 saturated heterocycles. The van der Waals surface area contributed by atoms with Crippen molar-refractivity contribution in [1.29, 1.82) is 0 Å². The Morgan fingerprint density at radius 3 is 0.930 bits per heavy atom. The molecule has 0 atom stereocenters. The summed E-state index contributed by atoms with van der Waals surface area (Å²) < 4.78 is 22.0. The first-order valence-electron chi connectivity index (χ1n) is 19.1. The Morgan fingerprint density at radius 1 is 0.442 bits per heavy atom. The molecule has 0 radical (unpaired) electrons. The zero-order valence-corrected chi connectivity index (χ0v) is 30.4. The van der Waals surface area contributed by atoms with Crippen LogP contribution in [-0.4, -0.2) is 24.7 Å². The van der Waals surface area contributed by atoms with Gasteiger partial charge in [0.25, 0.3) is 0 Å². The Hall–Kier alpha value is 0.0300. The summed E-state index contributed by atoms with van der Waals surface area (Å²) in [4.78, 5) is 9.71. The Morgan fingerprint density at radius 2 is 0.674 bits per heavy atom. The average molecular weight is 635 g/mol. The summed E-state index contributed by atoms with van der Waals surface area (Å²) >= 11 is 0. The monoisotopic (exact) mass is 635 g/mol. The van der Waals surface area contributed by atoms with E-state index in [1.54, 1.807) is 0 Å². The molecule has 6 nitrogen and oxygen atoms in total. The summed E-state index contributed by atoms with van der Waals surface area (Å²) in [6, 6.07) is 0. The first kappa shape index (κ1) is 45.2. The molecule has 0 aromatic heterocycles. The number of hydrogen-bond acceptors (Lipinski definition) is 5. The summed E-state index contributed by atoms with van der Waals surface area (Å²) in [6.07, 6.45) is 38.7. The van der Waals surface area contributed by atoms with Crippen LogP contribution in [0.15, 0.2) is 0 Å². The molecule has 0 heterocycles. The first-order chi connectivity index (χ1) is 21.0. The topological polar surface area (TPSA) is 93.8 Å². The van der Waals surface area contributed by atoms with E-state index in [2.05, 4.69) is 26.2 Å². The molecule has 0 spiro atoms. The molecule has 0 aliphatic carbocycles. The minimum Gasteiger partial charge on any atom is -0.302 e. The van der Waals surface area contributed by atoms with Crippen LogP contribution in [0.1, 0.15) is 213 Å². The maximum absolute atomic E-state index is 11.8. The molecule has 4 N–H and O–H groups in total. The molecule has 0 aromatic rings. The van der Waals surface area contributed by atoms with Gasteiger partial charge in [0, 0.05) is 6.54 Å². The van der Waals surface area contributed by atoms with E-state index in [1.165, 1.54) is 167 Å². The Balaban J connectivity index is 0. The van der Waals surface area contributed by atoms with Crippen LogP contribution >= 0.6 is 7.82 Å². The number of hydrazine groups is 1. The highest BCUT2D eigenvalue weighted by Gasteiger charge is 2.19. The van der Waals surface area contributed by atoms with Gasteiger partial charge in [0.1, 0.15) is 0 Å². The maximum Gasteiger partial charge on any atom is 0.472 e. The molecule has 43 heavy (non-hydrogen) atoms. The van der Waals surface area contributed by atoms with E-state index in [0.717, 1.165) is 32.2 Å². The fourth-order valence-corrected chi connectivity index (χ4v) is 6.08. The maximum atomic E-state index is 11.8. The van der Waals surface area contributed by atoms with E-state index in [0.29, 0.717) is 13.2 Å². The summed E-state index contributed by atoms with van der Waals surface area (Å²) in [5, 5.41) is 0. The zero-order valence-electron chi connectivity index (χ0n) is 29.5.